The van der Waals surface area contributed by atoms with Crippen LogP contribution < -0.4 is 11.1 Å². The average Bonchev–Trinajstić information content (AvgIpc) is 1.97. The summed E-state index contributed by atoms with van der Waals surface area (Å²) in [6, 6.07) is 0. The van der Waals surface area contributed by atoms with Gasteiger partial charge in [-0.3, -0.25) is 4.79 Å². The van der Waals surface area contributed by atoms with Crippen LogP contribution in [0.25, 0.3) is 0 Å². The van der Waals surface area contributed by atoms with Gasteiger partial charge in [-0.05, 0) is 6.92 Å². The van der Waals surface area contributed by atoms with E-state index in [0.29, 0.717) is 19.8 Å². The van der Waals surface area contributed by atoms with Crippen LogP contribution in [-0.4, -0.2) is 30.7 Å². The zero-order valence-electron chi connectivity index (χ0n) is 7.13. The minimum atomic E-state index is -0.151. The third kappa shape index (κ3) is 7.43. The van der Waals surface area contributed by atoms with E-state index in [2.05, 4.69) is 17.5 Å². The summed E-state index contributed by atoms with van der Waals surface area (Å²) in [7, 11) is 0. The molecule has 0 atom stereocenters. The van der Waals surface area contributed by atoms with Crippen LogP contribution in [-0.2, 0) is 9.53 Å². The summed E-state index contributed by atoms with van der Waals surface area (Å²) in [4.78, 5) is 11.1. The maximum Gasteiger partial charge on any atom is 0.226 e. The van der Waals surface area contributed by atoms with Gasteiger partial charge in [0.25, 0.3) is 0 Å². The lowest BCUT2D eigenvalue weighted by atomic mass is 10.4. The fourth-order valence-corrected chi connectivity index (χ4v) is 0.759. The second-order valence-corrected chi connectivity index (χ2v) is 2.71. The molecule has 0 aromatic rings. The van der Waals surface area contributed by atoms with Crippen LogP contribution in [0.15, 0.2) is 0 Å². The molecule has 0 bridgehead atoms. The highest BCUT2D eigenvalue weighted by atomic mass is 32.1. The molecule has 70 valence electrons. The van der Waals surface area contributed by atoms with Crippen LogP contribution in [0, 0.1) is 0 Å². The smallest absolute Gasteiger partial charge is 0.226 e. The highest BCUT2D eigenvalue weighted by Crippen LogP contribution is 1.79. The van der Waals surface area contributed by atoms with Gasteiger partial charge in [0.2, 0.25) is 5.91 Å². The molecule has 0 radical (unpaired) electrons. The van der Waals surface area contributed by atoms with Crippen LogP contribution in [0.5, 0.6) is 0 Å². The summed E-state index contributed by atoms with van der Waals surface area (Å²) in [5.41, 5.74) is 5.16. The molecule has 0 aromatic heterocycles. The molecule has 0 spiro atoms. The largest absolute Gasteiger partial charge is 0.393 e. The number of carbonyl (C=O) groups excluding carboxylic acids is 1. The van der Waals surface area contributed by atoms with E-state index in [0.717, 1.165) is 0 Å². The maximum atomic E-state index is 10.9. The summed E-state index contributed by atoms with van der Waals surface area (Å²) < 4.78 is 5.01. The fourth-order valence-electron chi connectivity index (χ4n) is 0.628. The number of hydrogen-bond donors (Lipinski definition) is 2. The Hall–Kier alpha value is -0.680. The van der Waals surface area contributed by atoms with E-state index in [1.54, 1.807) is 0 Å². The Bertz CT molecular complexity index is 161. The fraction of sp³-hybridized carbons (Fsp3) is 0.714. The summed E-state index contributed by atoms with van der Waals surface area (Å²) in [6.45, 7) is 3.59. The zero-order valence-corrected chi connectivity index (χ0v) is 7.95. The SMILES string of the molecule is CCOCCNC(=O)CC(N)=S. The molecular weight excluding hydrogens is 176 g/mol. The van der Waals surface area contributed by atoms with E-state index in [1.165, 1.54) is 0 Å². The van der Waals surface area contributed by atoms with Gasteiger partial charge >= 0.3 is 0 Å². The number of ether oxygens (including phenoxy) is 1. The van der Waals surface area contributed by atoms with Gasteiger partial charge < -0.3 is 15.8 Å². The number of carbonyl (C=O) groups is 1. The molecule has 0 aromatic carbocycles. The van der Waals surface area contributed by atoms with Crippen LogP contribution in [0.4, 0.5) is 0 Å². The van der Waals surface area contributed by atoms with Crippen molar-refractivity contribution in [3.63, 3.8) is 0 Å². The molecule has 0 saturated heterocycles. The van der Waals surface area contributed by atoms with E-state index in [4.69, 9.17) is 10.5 Å². The van der Waals surface area contributed by atoms with E-state index in [-0.39, 0.29) is 17.3 Å². The van der Waals surface area contributed by atoms with Gasteiger partial charge in [-0.2, -0.15) is 0 Å². The summed E-state index contributed by atoms with van der Waals surface area (Å²) >= 11 is 4.56. The van der Waals surface area contributed by atoms with Gasteiger partial charge in [-0.25, -0.2) is 0 Å². The van der Waals surface area contributed by atoms with Gasteiger partial charge in [0.15, 0.2) is 0 Å². The highest BCUT2D eigenvalue weighted by molar-refractivity contribution is 7.80. The number of thiocarbonyl (C=S) groups is 1. The molecule has 0 aliphatic rings. The van der Waals surface area contributed by atoms with Crippen LogP contribution in [0.3, 0.4) is 0 Å². The molecule has 0 saturated carbocycles. The van der Waals surface area contributed by atoms with Crippen LogP contribution in [0.1, 0.15) is 13.3 Å². The Labute approximate surface area is 77.5 Å². The highest BCUT2D eigenvalue weighted by Gasteiger charge is 2.00. The summed E-state index contributed by atoms with van der Waals surface area (Å²) in [6.07, 6.45) is 0.113. The minimum absolute atomic E-state index is 0.113. The topological polar surface area (TPSA) is 64.3 Å². The van der Waals surface area contributed by atoms with Crippen molar-refractivity contribution in [2.45, 2.75) is 13.3 Å². The number of hydrogen-bond acceptors (Lipinski definition) is 3. The lowest BCUT2D eigenvalue weighted by Gasteiger charge is -2.03. The van der Waals surface area contributed by atoms with Crippen molar-refractivity contribution in [1.29, 1.82) is 0 Å². The molecule has 4 nitrogen and oxygen atoms in total. The summed E-state index contributed by atoms with van der Waals surface area (Å²) in [5.74, 6) is -0.151. The van der Waals surface area contributed by atoms with Crippen molar-refractivity contribution in [3.8, 4) is 0 Å². The van der Waals surface area contributed by atoms with Crippen molar-refractivity contribution in [2.24, 2.45) is 5.73 Å². The number of nitrogens with two attached hydrogens (primary N) is 1. The normalized spacial score (nSPS) is 9.42. The second kappa shape index (κ2) is 7.00. The molecule has 0 aliphatic carbocycles. The van der Waals surface area contributed by atoms with Crippen molar-refractivity contribution >= 4 is 23.1 Å². The molecular formula is C7H14N2O2S. The monoisotopic (exact) mass is 190 g/mol. The molecule has 1 amide bonds. The Kier molecular flexibility index (Phi) is 6.60. The van der Waals surface area contributed by atoms with Crippen LogP contribution >= 0.6 is 12.2 Å². The number of rotatable bonds is 6. The number of amides is 1. The molecule has 12 heavy (non-hydrogen) atoms. The standard InChI is InChI=1S/C7H14N2O2S/c1-2-11-4-3-9-7(10)5-6(8)12/h2-5H2,1H3,(H2,8,12)(H,9,10). The van der Waals surface area contributed by atoms with Crippen molar-refractivity contribution in [2.75, 3.05) is 19.8 Å². The van der Waals surface area contributed by atoms with Gasteiger partial charge in [-0.15, -0.1) is 0 Å². The van der Waals surface area contributed by atoms with E-state index < -0.39 is 0 Å². The molecule has 0 heterocycles. The van der Waals surface area contributed by atoms with Crippen molar-refractivity contribution in [1.82, 2.24) is 5.32 Å². The van der Waals surface area contributed by atoms with Crippen LogP contribution in [0.2, 0.25) is 0 Å². The third-order valence-electron chi connectivity index (χ3n) is 1.11. The molecule has 0 unspecified atom stereocenters. The quantitative estimate of drug-likeness (QED) is 0.450. The van der Waals surface area contributed by atoms with E-state index in [1.807, 2.05) is 6.92 Å². The maximum absolute atomic E-state index is 10.9. The molecule has 0 rings (SSSR count). The molecule has 0 aliphatic heterocycles. The first kappa shape index (κ1) is 11.3. The van der Waals surface area contributed by atoms with Gasteiger partial charge in [-0.1, -0.05) is 12.2 Å². The first-order valence-electron chi connectivity index (χ1n) is 3.79. The Morgan fingerprint density at radius 2 is 2.33 bits per heavy atom. The lowest BCUT2D eigenvalue weighted by Crippen LogP contribution is -2.30. The van der Waals surface area contributed by atoms with Crippen molar-refractivity contribution in [3.05, 3.63) is 0 Å². The Morgan fingerprint density at radius 3 is 2.83 bits per heavy atom. The van der Waals surface area contributed by atoms with Crippen molar-refractivity contribution < 1.29 is 9.53 Å². The Morgan fingerprint density at radius 1 is 1.67 bits per heavy atom. The zero-order chi connectivity index (χ0) is 9.40. The molecule has 5 heteroatoms. The van der Waals surface area contributed by atoms with E-state index >= 15 is 0 Å². The van der Waals surface area contributed by atoms with Gasteiger partial charge in [0.05, 0.1) is 18.0 Å². The Balaban J connectivity index is 3.26. The first-order valence-corrected chi connectivity index (χ1v) is 4.20. The first-order chi connectivity index (χ1) is 5.66. The minimum Gasteiger partial charge on any atom is -0.393 e. The third-order valence-corrected chi connectivity index (χ3v) is 1.25. The molecule has 0 fully saturated rings. The molecule has 3 N–H and O–H groups in total. The van der Waals surface area contributed by atoms with Gasteiger partial charge in [0.1, 0.15) is 0 Å². The predicted octanol–water partition coefficient (Wildman–Crippen LogP) is -0.185. The predicted molar refractivity (Wildman–Crippen MR) is 50.9 cm³/mol. The van der Waals surface area contributed by atoms with Gasteiger partial charge in [0, 0.05) is 13.2 Å². The number of nitrogens with one attached hydrogen (secondary N) is 1. The lowest BCUT2D eigenvalue weighted by molar-refractivity contribution is -0.120. The second-order valence-electron chi connectivity index (χ2n) is 2.19. The van der Waals surface area contributed by atoms with E-state index in [9.17, 15) is 4.79 Å². The average molecular weight is 190 g/mol. The summed E-state index contributed by atoms with van der Waals surface area (Å²) in [5, 5.41) is 2.62.